The number of benzene rings is 1. The van der Waals surface area contributed by atoms with Crippen LogP contribution in [0.1, 0.15) is 43.2 Å². The lowest BCUT2D eigenvalue weighted by molar-refractivity contribution is -0.0488. The predicted molar refractivity (Wildman–Crippen MR) is 83.1 cm³/mol. The van der Waals surface area contributed by atoms with Crippen LogP contribution in [0.3, 0.4) is 0 Å². The SMILES string of the molecule is COCCNCC1(c2ccccc2C)CC2(CCC2)C1. The highest BCUT2D eigenvalue weighted by Gasteiger charge is 2.57. The maximum absolute atomic E-state index is 5.15. The van der Waals surface area contributed by atoms with Crippen molar-refractivity contribution in [3.05, 3.63) is 35.4 Å². The molecule has 110 valence electrons. The Hall–Kier alpha value is -0.860. The average molecular weight is 273 g/mol. The molecule has 1 aromatic rings. The van der Waals surface area contributed by atoms with Crippen molar-refractivity contribution in [3.8, 4) is 0 Å². The van der Waals surface area contributed by atoms with Gasteiger partial charge >= 0.3 is 0 Å². The molecule has 1 aromatic carbocycles. The maximum atomic E-state index is 5.15. The van der Waals surface area contributed by atoms with E-state index in [-0.39, 0.29) is 0 Å². The van der Waals surface area contributed by atoms with E-state index in [0.717, 1.165) is 19.7 Å². The van der Waals surface area contributed by atoms with Crippen LogP contribution in [0.25, 0.3) is 0 Å². The molecule has 0 saturated heterocycles. The van der Waals surface area contributed by atoms with Gasteiger partial charge in [0.25, 0.3) is 0 Å². The van der Waals surface area contributed by atoms with Crippen LogP contribution in [0.4, 0.5) is 0 Å². The largest absolute Gasteiger partial charge is 0.383 e. The smallest absolute Gasteiger partial charge is 0.0587 e. The van der Waals surface area contributed by atoms with E-state index in [1.165, 1.54) is 37.7 Å². The van der Waals surface area contributed by atoms with Crippen LogP contribution < -0.4 is 5.32 Å². The average Bonchev–Trinajstić information content (AvgIpc) is 2.36. The fraction of sp³-hybridized carbons (Fsp3) is 0.667. The third kappa shape index (κ3) is 2.40. The van der Waals surface area contributed by atoms with Crippen LogP contribution >= 0.6 is 0 Å². The summed E-state index contributed by atoms with van der Waals surface area (Å²) in [4.78, 5) is 0. The van der Waals surface area contributed by atoms with E-state index in [1.54, 1.807) is 12.7 Å². The Bertz CT molecular complexity index is 456. The molecule has 0 aliphatic heterocycles. The van der Waals surface area contributed by atoms with Crippen molar-refractivity contribution in [2.75, 3.05) is 26.8 Å². The molecule has 0 atom stereocenters. The van der Waals surface area contributed by atoms with Crippen molar-refractivity contribution >= 4 is 0 Å². The lowest BCUT2D eigenvalue weighted by Crippen LogP contribution is -2.57. The molecule has 1 spiro atoms. The standard InChI is InChI=1S/C18H27NO/c1-15-6-3-4-7-16(15)18(14-19-10-11-20-2)12-17(13-18)8-5-9-17/h3-4,6-7,19H,5,8-14H2,1-2H3. The molecule has 2 heteroatoms. The zero-order chi connectivity index (χ0) is 14.1. The highest BCUT2D eigenvalue weighted by Crippen LogP contribution is 2.65. The molecular formula is C18H27NO. The summed E-state index contributed by atoms with van der Waals surface area (Å²) >= 11 is 0. The number of hydrogen-bond acceptors (Lipinski definition) is 2. The summed E-state index contributed by atoms with van der Waals surface area (Å²) in [5.41, 5.74) is 4.10. The molecule has 20 heavy (non-hydrogen) atoms. The lowest BCUT2D eigenvalue weighted by Gasteiger charge is -2.62. The van der Waals surface area contributed by atoms with Gasteiger partial charge in [-0.05, 0) is 49.1 Å². The Kier molecular flexibility index (Phi) is 3.87. The fourth-order valence-corrected chi connectivity index (χ4v) is 4.49. The van der Waals surface area contributed by atoms with Crippen molar-refractivity contribution < 1.29 is 4.74 Å². The molecule has 2 aliphatic rings. The summed E-state index contributed by atoms with van der Waals surface area (Å²) in [5.74, 6) is 0. The van der Waals surface area contributed by atoms with Crippen LogP contribution in [0.15, 0.2) is 24.3 Å². The van der Waals surface area contributed by atoms with Crippen molar-refractivity contribution in [1.29, 1.82) is 0 Å². The molecular weight excluding hydrogens is 246 g/mol. The zero-order valence-corrected chi connectivity index (χ0v) is 12.9. The van der Waals surface area contributed by atoms with Crippen LogP contribution in [0.5, 0.6) is 0 Å². The Labute approximate surface area is 122 Å². The normalized spacial score (nSPS) is 22.3. The van der Waals surface area contributed by atoms with Crippen LogP contribution in [0, 0.1) is 12.3 Å². The van der Waals surface area contributed by atoms with E-state index >= 15 is 0 Å². The monoisotopic (exact) mass is 273 g/mol. The Morgan fingerprint density at radius 1 is 1.20 bits per heavy atom. The minimum Gasteiger partial charge on any atom is -0.383 e. The second-order valence-electron chi connectivity index (χ2n) is 6.97. The summed E-state index contributed by atoms with van der Waals surface area (Å²) < 4.78 is 5.15. The van der Waals surface area contributed by atoms with Gasteiger partial charge < -0.3 is 10.1 Å². The first kappa shape index (κ1) is 14.1. The Morgan fingerprint density at radius 2 is 1.95 bits per heavy atom. The molecule has 3 rings (SSSR count). The molecule has 0 heterocycles. The lowest BCUT2D eigenvalue weighted by atomic mass is 9.43. The summed E-state index contributed by atoms with van der Waals surface area (Å²) in [5, 5.41) is 3.62. The van der Waals surface area contributed by atoms with E-state index < -0.39 is 0 Å². The zero-order valence-electron chi connectivity index (χ0n) is 12.9. The maximum Gasteiger partial charge on any atom is 0.0587 e. The highest BCUT2D eigenvalue weighted by molar-refractivity contribution is 5.38. The molecule has 0 bridgehead atoms. The van der Waals surface area contributed by atoms with E-state index in [9.17, 15) is 0 Å². The van der Waals surface area contributed by atoms with Crippen LogP contribution in [-0.2, 0) is 10.2 Å². The number of hydrogen-bond donors (Lipinski definition) is 1. The molecule has 2 fully saturated rings. The minimum absolute atomic E-state index is 0.375. The Morgan fingerprint density at radius 3 is 2.55 bits per heavy atom. The fourth-order valence-electron chi connectivity index (χ4n) is 4.49. The molecule has 2 saturated carbocycles. The van der Waals surface area contributed by atoms with Gasteiger partial charge in [0, 0.05) is 25.6 Å². The number of ether oxygens (including phenoxy) is 1. The number of aryl methyl sites for hydroxylation is 1. The highest BCUT2D eigenvalue weighted by atomic mass is 16.5. The molecule has 0 aromatic heterocycles. The third-order valence-electron chi connectivity index (χ3n) is 5.50. The molecule has 0 radical (unpaired) electrons. The molecule has 0 amide bonds. The quantitative estimate of drug-likeness (QED) is 0.802. The minimum atomic E-state index is 0.375. The van der Waals surface area contributed by atoms with Gasteiger partial charge in [0.1, 0.15) is 0 Å². The number of nitrogens with one attached hydrogen (secondary N) is 1. The first-order chi connectivity index (χ1) is 9.70. The Balaban J connectivity index is 1.73. The predicted octanol–water partition coefficient (Wildman–Crippen LogP) is 3.43. The van der Waals surface area contributed by atoms with Crippen molar-refractivity contribution in [2.45, 2.75) is 44.4 Å². The topological polar surface area (TPSA) is 21.3 Å². The van der Waals surface area contributed by atoms with Gasteiger partial charge in [0.2, 0.25) is 0 Å². The molecule has 1 N–H and O–H groups in total. The summed E-state index contributed by atoms with van der Waals surface area (Å²) in [6.45, 7) is 5.12. The first-order valence-electron chi connectivity index (χ1n) is 7.96. The van der Waals surface area contributed by atoms with E-state index in [1.807, 2.05) is 0 Å². The van der Waals surface area contributed by atoms with Gasteiger partial charge in [-0.3, -0.25) is 0 Å². The summed E-state index contributed by atoms with van der Waals surface area (Å²) in [6.07, 6.45) is 7.12. The number of methoxy groups -OCH3 is 1. The van der Waals surface area contributed by atoms with Crippen molar-refractivity contribution in [2.24, 2.45) is 5.41 Å². The van der Waals surface area contributed by atoms with E-state index in [4.69, 9.17) is 4.74 Å². The van der Waals surface area contributed by atoms with Gasteiger partial charge in [-0.1, -0.05) is 30.7 Å². The third-order valence-corrected chi connectivity index (χ3v) is 5.50. The van der Waals surface area contributed by atoms with Gasteiger partial charge in [-0.15, -0.1) is 0 Å². The van der Waals surface area contributed by atoms with Crippen molar-refractivity contribution in [3.63, 3.8) is 0 Å². The van der Waals surface area contributed by atoms with E-state index in [0.29, 0.717) is 10.8 Å². The van der Waals surface area contributed by atoms with Crippen molar-refractivity contribution in [1.82, 2.24) is 5.32 Å². The summed E-state index contributed by atoms with van der Waals surface area (Å²) in [7, 11) is 1.77. The van der Waals surface area contributed by atoms with Crippen LogP contribution in [-0.4, -0.2) is 26.8 Å². The van der Waals surface area contributed by atoms with Gasteiger partial charge in [-0.2, -0.15) is 0 Å². The molecule has 2 nitrogen and oxygen atoms in total. The second-order valence-corrected chi connectivity index (χ2v) is 6.97. The van der Waals surface area contributed by atoms with Gasteiger partial charge in [0.15, 0.2) is 0 Å². The first-order valence-corrected chi connectivity index (χ1v) is 7.96. The molecule has 0 unspecified atom stereocenters. The number of rotatable bonds is 6. The summed E-state index contributed by atoms with van der Waals surface area (Å²) in [6, 6.07) is 8.96. The van der Waals surface area contributed by atoms with Gasteiger partial charge in [0.05, 0.1) is 6.61 Å². The second kappa shape index (κ2) is 5.50. The van der Waals surface area contributed by atoms with Gasteiger partial charge in [-0.25, -0.2) is 0 Å². The van der Waals surface area contributed by atoms with E-state index in [2.05, 4.69) is 36.5 Å². The molecule has 2 aliphatic carbocycles. The van der Waals surface area contributed by atoms with Crippen LogP contribution in [0.2, 0.25) is 0 Å².